The molecule has 0 aliphatic carbocycles. The van der Waals surface area contributed by atoms with Gasteiger partial charge in [-0.05, 0) is 30.5 Å². The van der Waals surface area contributed by atoms with Crippen molar-refractivity contribution in [2.45, 2.75) is 26.3 Å². The molecule has 0 saturated heterocycles. The molecule has 1 amide bonds. The number of benzene rings is 1. The Balaban J connectivity index is 2.06. The van der Waals surface area contributed by atoms with Gasteiger partial charge in [0.05, 0.1) is 21.8 Å². The summed E-state index contributed by atoms with van der Waals surface area (Å²) in [5.74, 6) is 0.280. The van der Waals surface area contributed by atoms with Gasteiger partial charge in [0.1, 0.15) is 0 Å². The van der Waals surface area contributed by atoms with Crippen LogP contribution in [0.25, 0.3) is 10.2 Å². The first-order valence-corrected chi connectivity index (χ1v) is 6.84. The predicted molar refractivity (Wildman–Crippen MR) is 75.7 cm³/mol. The van der Waals surface area contributed by atoms with Crippen LogP contribution in [0.3, 0.4) is 0 Å². The Hall–Kier alpha value is -1.46. The number of hydrogen-bond acceptors (Lipinski definition) is 4. The summed E-state index contributed by atoms with van der Waals surface area (Å²) in [5.41, 5.74) is 9.35. The van der Waals surface area contributed by atoms with E-state index in [0.717, 1.165) is 15.9 Å². The molecule has 1 atom stereocenters. The van der Waals surface area contributed by atoms with Gasteiger partial charge in [0.2, 0.25) is 5.91 Å². The number of amides is 1. The fourth-order valence-electron chi connectivity index (χ4n) is 1.78. The van der Waals surface area contributed by atoms with Gasteiger partial charge in [-0.25, -0.2) is 4.98 Å². The molecular weight excluding hydrogens is 246 g/mol. The first-order chi connectivity index (χ1) is 8.56. The summed E-state index contributed by atoms with van der Waals surface area (Å²) in [5, 5.41) is 2.84. The molecule has 0 radical (unpaired) electrons. The zero-order valence-corrected chi connectivity index (χ0v) is 11.3. The summed E-state index contributed by atoms with van der Waals surface area (Å²) < 4.78 is 1.06. The van der Waals surface area contributed by atoms with Gasteiger partial charge < -0.3 is 11.1 Å². The molecule has 18 heavy (non-hydrogen) atoms. The van der Waals surface area contributed by atoms with Gasteiger partial charge >= 0.3 is 0 Å². The molecule has 3 N–H and O–H groups in total. The molecule has 4 nitrogen and oxygen atoms in total. The SMILES string of the molecule is CC(C)C[C@@H](N)C(=O)Nc1ccc2ncsc2c1. The molecule has 0 aliphatic rings. The van der Waals surface area contributed by atoms with Crippen molar-refractivity contribution in [3.63, 3.8) is 0 Å². The zero-order chi connectivity index (χ0) is 13.1. The number of thiazole rings is 1. The van der Waals surface area contributed by atoms with Gasteiger partial charge in [-0.15, -0.1) is 11.3 Å². The molecule has 0 aliphatic heterocycles. The second-order valence-electron chi connectivity index (χ2n) is 4.76. The Kier molecular flexibility index (Phi) is 3.93. The smallest absolute Gasteiger partial charge is 0.241 e. The van der Waals surface area contributed by atoms with Crippen LogP contribution in [0, 0.1) is 5.92 Å². The number of fused-ring (bicyclic) bond motifs is 1. The maximum Gasteiger partial charge on any atom is 0.241 e. The number of nitrogens with one attached hydrogen (secondary N) is 1. The molecule has 0 saturated carbocycles. The summed E-state index contributed by atoms with van der Waals surface area (Å²) in [6, 6.07) is 5.21. The molecule has 1 heterocycles. The number of nitrogens with zero attached hydrogens (tertiary/aromatic N) is 1. The van der Waals surface area contributed by atoms with Crippen molar-refractivity contribution in [2.75, 3.05) is 5.32 Å². The van der Waals surface area contributed by atoms with Crippen molar-refractivity contribution in [3.05, 3.63) is 23.7 Å². The van der Waals surface area contributed by atoms with Crippen LogP contribution in [0.2, 0.25) is 0 Å². The molecule has 0 unspecified atom stereocenters. The molecule has 0 bridgehead atoms. The van der Waals surface area contributed by atoms with Crippen molar-refractivity contribution in [1.29, 1.82) is 0 Å². The summed E-state index contributed by atoms with van der Waals surface area (Å²) in [7, 11) is 0. The molecule has 5 heteroatoms. The molecule has 0 fully saturated rings. The second kappa shape index (κ2) is 5.46. The van der Waals surface area contributed by atoms with Gasteiger partial charge in [0, 0.05) is 5.69 Å². The van der Waals surface area contributed by atoms with E-state index in [-0.39, 0.29) is 5.91 Å². The Labute approximate surface area is 110 Å². The summed E-state index contributed by atoms with van der Waals surface area (Å²) in [6.07, 6.45) is 0.689. The molecule has 0 spiro atoms. The Morgan fingerprint density at radius 2 is 2.28 bits per heavy atom. The van der Waals surface area contributed by atoms with Gasteiger partial charge in [0.15, 0.2) is 0 Å². The molecule has 2 aromatic rings. The minimum absolute atomic E-state index is 0.132. The van der Waals surface area contributed by atoms with Crippen LogP contribution in [0.4, 0.5) is 5.69 Å². The first-order valence-electron chi connectivity index (χ1n) is 5.96. The molecule has 1 aromatic carbocycles. The van der Waals surface area contributed by atoms with E-state index in [4.69, 9.17) is 5.73 Å². The predicted octanol–water partition coefficient (Wildman–Crippen LogP) is 2.61. The van der Waals surface area contributed by atoms with Crippen LogP contribution in [0.15, 0.2) is 23.7 Å². The van der Waals surface area contributed by atoms with Crippen molar-refractivity contribution >= 4 is 33.1 Å². The fraction of sp³-hybridized carbons (Fsp3) is 0.385. The number of rotatable bonds is 4. The monoisotopic (exact) mass is 263 g/mol. The summed E-state index contributed by atoms with van der Waals surface area (Å²) in [4.78, 5) is 16.1. The lowest BCUT2D eigenvalue weighted by Gasteiger charge is -2.14. The number of carbonyl (C=O) groups excluding carboxylic acids is 1. The minimum atomic E-state index is -0.456. The molecule has 1 aromatic heterocycles. The summed E-state index contributed by atoms with van der Waals surface area (Å²) in [6.45, 7) is 4.10. The van der Waals surface area contributed by atoms with Crippen molar-refractivity contribution < 1.29 is 4.79 Å². The fourth-order valence-corrected chi connectivity index (χ4v) is 2.50. The second-order valence-corrected chi connectivity index (χ2v) is 5.65. The van der Waals surface area contributed by atoms with Crippen LogP contribution >= 0.6 is 11.3 Å². The highest BCUT2D eigenvalue weighted by molar-refractivity contribution is 7.16. The number of nitrogens with two attached hydrogens (primary N) is 1. The average molecular weight is 263 g/mol. The third kappa shape index (κ3) is 3.05. The Morgan fingerprint density at radius 1 is 1.50 bits per heavy atom. The number of hydrogen-bond donors (Lipinski definition) is 2. The van der Waals surface area contributed by atoms with Crippen LogP contribution in [0.5, 0.6) is 0 Å². The lowest BCUT2D eigenvalue weighted by Crippen LogP contribution is -2.36. The third-order valence-electron chi connectivity index (χ3n) is 2.66. The number of carbonyl (C=O) groups is 1. The maximum absolute atomic E-state index is 11.9. The standard InChI is InChI=1S/C13H17N3OS/c1-8(2)5-10(14)13(17)16-9-3-4-11-12(6-9)18-7-15-11/h3-4,6-8,10H,5,14H2,1-2H3,(H,16,17)/t10-/m1/s1. The van der Waals surface area contributed by atoms with Crippen LogP contribution in [-0.4, -0.2) is 16.9 Å². The van der Waals surface area contributed by atoms with E-state index in [1.165, 1.54) is 0 Å². The van der Waals surface area contributed by atoms with Crippen molar-refractivity contribution in [1.82, 2.24) is 4.98 Å². The normalized spacial score (nSPS) is 12.9. The topological polar surface area (TPSA) is 68.0 Å². The zero-order valence-electron chi connectivity index (χ0n) is 10.5. The minimum Gasteiger partial charge on any atom is -0.325 e. The number of aromatic nitrogens is 1. The lowest BCUT2D eigenvalue weighted by molar-refractivity contribution is -0.117. The van der Waals surface area contributed by atoms with Crippen LogP contribution in [-0.2, 0) is 4.79 Å². The third-order valence-corrected chi connectivity index (χ3v) is 3.45. The van der Waals surface area contributed by atoms with E-state index in [1.54, 1.807) is 16.8 Å². The quantitative estimate of drug-likeness (QED) is 0.891. The van der Waals surface area contributed by atoms with Gasteiger partial charge in [-0.2, -0.15) is 0 Å². The molecule has 96 valence electrons. The van der Waals surface area contributed by atoms with E-state index >= 15 is 0 Å². The highest BCUT2D eigenvalue weighted by Gasteiger charge is 2.15. The van der Waals surface area contributed by atoms with Crippen LogP contribution in [0.1, 0.15) is 20.3 Å². The first kappa shape index (κ1) is 13.0. The Morgan fingerprint density at radius 3 is 3.00 bits per heavy atom. The lowest BCUT2D eigenvalue weighted by atomic mass is 10.0. The van der Waals surface area contributed by atoms with Gasteiger partial charge in [0.25, 0.3) is 0 Å². The van der Waals surface area contributed by atoms with Crippen molar-refractivity contribution in [3.8, 4) is 0 Å². The highest BCUT2D eigenvalue weighted by Crippen LogP contribution is 2.22. The average Bonchev–Trinajstić information content (AvgIpc) is 2.75. The van der Waals surface area contributed by atoms with E-state index in [2.05, 4.69) is 24.1 Å². The van der Waals surface area contributed by atoms with E-state index < -0.39 is 6.04 Å². The van der Waals surface area contributed by atoms with Gasteiger partial charge in [-0.1, -0.05) is 13.8 Å². The molecular formula is C13H17N3OS. The maximum atomic E-state index is 11.9. The van der Waals surface area contributed by atoms with Crippen LogP contribution < -0.4 is 11.1 Å². The van der Waals surface area contributed by atoms with Crippen molar-refractivity contribution in [2.24, 2.45) is 11.7 Å². The Bertz CT molecular complexity index is 550. The largest absolute Gasteiger partial charge is 0.325 e. The summed E-state index contributed by atoms with van der Waals surface area (Å²) >= 11 is 1.55. The van der Waals surface area contributed by atoms with E-state index in [1.807, 2.05) is 18.2 Å². The van der Waals surface area contributed by atoms with E-state index in [0.29, 0.717) is 12.3 Å². The number of anilines is 1. The highest BCUT2D eigenvalue weighted by atomic mass is 32.1. The molecule has 2 rings (SSSR count). The van der Waals surface area contributed by atoms with E-state index in [9.17, 15) is 4.79 Å². The van der Waals surface area contributed by atoms with Gasteiger partial charge in [-0.3, -0.25) is 4.79 Å².